The molecule has 5 fully saturated rings. The van der Waals surface area contributed by atoms with Gasteiger partial charge in [0.25, 0.3) is 11.6 Å². The molecule has 21 N–H and O–H groups in total. The van der Waals surface area contributed by atoms with E-state index in [1.165, 1.54) is 77.0 Å². The molecule has 37 nitrogen and oxygen atoms in total. The Hall–Kier alpha value is -4.02. The first-order valence-corrected chi connectivity index (χ1v) is 40.3. The first-order valence-electron chi connectivity index (χ1n) is 40.3. The summed E-state index contributed by atoms with van der Waals surface area (Å²) in [4.78, 5) is 79.1. The summed E-state index contributed by atoms with van der Waals surface area (Å²) in [6, 6.07) is -4.86. The molecule has 0 aliphatic carbocycles. The van der Waals surface area contributed by atoms with Gasteiger partial charge in [-0.2, -0.15) is 0 Å². The highest BCUT2D eigenvalue weighted by Crippen LogP contribution is 2.43. The van der Waals surface area contributed by atoms with Gasteiger partial charge in [0.2, 0.25) is 17.7 Å². The Bertz CT molecular complexity index is 2740. The predicted octanol–water partition coefficient (Wildman–Crippen LogP) is -1.94. The molecule has 0 aromatic carbocycles. The van der Waals surface area contributed by atoms with Crippen molar-refractivity contribution in [3.63, 3.8) is 0 Å². The number of hydrogen-bond acceptors (Lipinski definition) is 32. The van der Waals surface area contributed by atoms with Crippen LogP contribution in [0.5, 0.6) is 0 Å². The number of nitrogens with one attached hydrogen (secondary N) is 3. The normalized spacial score (nSPS) is 34.0. The van der Waals surface area contributed by atoms with E-state index in [0.717, 1.165) is 85.0 Å². The number of ether oxygens (including phenoxy) is 10. The van der Waals surface area contributed by atoms with E-state index in [9.17, 15) is 121 Å². The molecule has 5 aliphatic rings. The molecular formula is C75H133N3O34. The third kappa shape index (κ3) is 28.9. The number of carboxylic acids is 2. The summed E-state index contributed by atoms with van der Waals surface area (Å²) in [6.07, 6.45) is -26.3. The minimum atomic E-state index is -3.57. The number of rotatable bonds is 54. The Morgan fingerprint density at radius 1 is 0.473 bits per heavy atom. The van der Waals surface area contributed by atoms with Crippen molar-refractivity contribution in [1.29, 1.82) is 0 Å². The van der Waals surface area contributed by atoms with Crippen LogP contribution >= 0.6 is 0 Å². The number of Topliss-reactive ketones (excluding diaryl/α,β-unsaturated/α-hetero) is 1. The molecule has 0 saturated carbocycles. The number of hydrogen-bond donors (Lipinski definition) is 21. The van der Waals surface area contributed by atoms with Crippen molar-refractivity contribution in [3.8, 4) is 0 Å². The summed E-state index contributed by atoms with van der Waals surface area (Å²) in [5.74, 6) is -15.8. The highest BCUT2D eigenvalue weighted by Gasteiger charge is 2.64. The Morgan fingerprint density at radius 2 is 0.920 bits per heavy atom. The van der Waals surface area contributed by atoms with E-state index in [-0.39, 0.29) is 18.7 Å². The maximum atomic E-state index is 14.2. The third-order valence-corrected chi connectivity index (χ3v) is 21.6. The lowest BCUT2D eigenvalue weighted by Gasteiger charge is -2.52. The lowest BCUT2D eigenvalue weighted by Crippen LogP contribution is -2.72. The molecular weight excluding hydrogens is 1490 g/mol. The van der Waals surface area contributed by atoms with Crippen molar-refractivity contribution in [2.75, 3.05) is 39.6 Å². The first kappa shape index (κ1) is 98.6. The summed E-state index contributed by atoms with van der Waals surface area (Å²) in [5.41, 5.74) is 0. The molecule has 5 rings (SSSR count). The maximum Gasteiger partial charge on any atom is 0.364 e. The van der Waals surface area contributed by atoms with Crippen LogP contribution in [0.2, 0.25) is 0 Å². The fourth-order valence-corrected chi connectivity index (χ4v) is 15.3. The summed E-state index contributed by atoms with van der Waals surface area (Å²) < 4.78 is 60.1. The molecule has 112 heavy (non-hydrogen) atoms. The SMILES string of the molecule is CCCCCCCCCCCCCCC[C@@H](O)[C@H](CO[C@@H]1O[C@H](CO)[C@@H](O[C@@H]2O[C@H](CO)[C@H](O[C@@H]3O[C@H](CO)[C@H](O)[C@H](O)[C@H]3CC(C)=O)[C@H](O[C@]3(C(=O)O)C[C@H](O)[C@@H](NC(C)=O)C([C@H](O)[C@@H](CO)O[C@]4(C(=O)O)C[C@H](O)[C@@H](NC(C)=O)C([C@H](O)[C@H](O)CO)O4)O3)[C@H]2O)[C@H](O)[C@H]1O)NC(=O)CCCCCCCCCCCCC. The number of carbonyl (C=O) groups is 6. The molecule has 2 unspecified atom stereocenters. The lowest BCUT2D eigenvalue weighted by molar-refractivity contribution is -0.404. The highest BCUT2D eigenvalue weighted by molar-refractivity contribution is 5.78. The Morgan fingerprint density at radius 3 is 1.39 bits per heavy atom. The second kappa shape index (κ2) is 50.0. The van der Waals surface area contributed by atoms with Crippen molar-refractivity contribution < 1.29 is 168 Å². The maximum absolute atomic E-state index is 14.2. The second-order valence-electron chi connectivity index (χ2n) is 30.7. The molecule has 3 amide bonds. The monoisotopic (exact) mass is 1620 g/mol. The molecule has 0 bridgehead atoms. The van der Waals surface area contributed by atoms with Crippen molar-refractivity contribution in [3.05, 3.63) is 0 Å². The van der Waals surface area contributed by atoms with Gasteiger partial charge in [-0.05, 0) is 19.8 Å². The van der Waals surface area contributed by atoms with Crippen LogP contribution in [0.1, 0.15) is 221 Å². The van der Waals surface area contributed by atoms with Gasteiger partial charge in [0.05, 0.1) is 82.2 Å². The summed E-state index contributed by atoms with van der Waals surface area (Å²) in [6.45, 7) is 0.749. The fraction of sp³-hybridized carbons (Fsp3) is 0.920. The van der Waals surface area contributed by atoms with Crippen LogP contribution in [-0.2, 0) is 76.1 Å². The molecule has 5 saturated heterocycles. The van der Waals surface area contributed by atoms with E-state index in [1.54, 1.807) is 0 Å². The largest absolute Gasteiger partial charge is 0.477 e. The van der Waals surface area contributed by atoms with Gasteiger partial charge in [-0.1, -0.05) is 162 Å². The Labute approximate surface area is 654 Å². The van der Waals surface area contributed by atoms with Crippen LogP contribution in [0.25, 0.3) is 0 Å². The molecule has 0 radical (unpaired) electrons. The van der Waals surface area contributed by atoms with Gasteiger partial charge >= 0.3 is 11.9 Å². The van der Waals surface area contributed by atoms with Gasteiger partial charge in [-0.15, -0.1) is 0 Å². The number of amides is 3. The van der Waals surface area contributed by atoms with Gasteiger partial charge < -0.3 is 160 Å². The van der Waals surface area contributed by atoms with Crippen molar-refractivity contribution >= 4 is 35.4 Å². The highest BCUT2D eigenvalue weighted by atomic mass is 16.8. The Balaban J connectivity index is 1.46. The fourth-order valence-electron chi connectivity index (χ4n) is 15.3. The minimum Gasteiger partial charge on any atom is -0.477 e. The average molecular weight is 1620 g/mol. The van der Waals surface area contributed by atoms with Gasteiger partial charge in [-0.3, -0.25) is 14.4 Å². The molecule has 0 spiro atoms. The minimum absolute atomic E-state index is 0.138. The number of aliphatic carboxylic acids is 2. The lowest BCUT2D eigenvalue weighted by atomic mass is 9.86. The number of unbranched alkanes of at least 4 members (excludes halogenated alkanes) is 22. The van der Waals surface area contributed by atoms with Crippen LogP contribution in [-0.4, -0.2) is 338 Å². The standard InChI is InChI=1S/C75H133N3O34/c1-6-8-10-12-14-16-18-19-21-22-24-26-28-30-46(87)45(78-54(91)31-29-27-25-23-20-17-15-13-11-9-7-2)40-103-70-62(97)61(96)64(52(38-82)105-70)107-71-63(98)68(65(53(39-83)106-71)108-69-44(32-41(3)84)57(92)59(94)50(36-80)104-69)112-75(73(101)102)34-48(89)56(77-43(5)86)67(111-75)60(95)51(37-81)109-74(72(99)100)33-47(88)55(76-42(4)85)66(110-74)58(93)49(90)35-79/h44-53,55-71,79-83,87-90,92-98H,6-40H2,1-5H3,(H,76,85)(H,77,86)(H,78,91)(H,99,100)(H,101,102)/t44-,45+,46-,47+,48+,49-,50-,51-,52-,53-,55-,56-,57-,58-,59+,60-,61-,62-,63-,64-,65+,66?,67?,68-,69+,70-,71+,74-,75+/m1/s1. The first-order chi connectivity index (χ1) is 53.3. The zero-order valence-electron chi connectivity index (χ0n) is 65.4. The van der Waals surface area contributed by atoms with E-state index in [4.69, 9.17) is 47.4 Å². The summed E-state index contributed by atoms with van der Waals surface area (Å²) in [7, 11) is 0. The zero-order chi connectivity index (χ0) is 83.0. The molecule has 5 aliphatic heterocycles. The van der Waals surface area contributed by atoms with Crippen molar-refractivity contribution in [2.24, 2.45) is 5.92 Å². The number of carbonyl (C=O) groups excluding carboxylic acids is 4. The van der Waals surface area contributed by atoms with Crippen LogP contribution in [0.3, 0.4) is 0 Å². The number of aliphatic hydroxyl groups excluding tert-OH is 16. The van der Waals surface area contributed by atoms with Crippen LogP contribution in [0, 0.1) is 5.92 Å². The Kier molecular flexibility index (Phi) is 44.0. The second-order valence-corrected chi connectivity index (χ2v) is 30.7. The topological polar surface area (TPSA) is 595 Å². The number of aliphatic hydroxyl groups is 16. The van der Waals surface area contributed by atoms with Crippen LogP contribution in [0.4, 0.5) is 0 Å². The number of carboxylic acid groups (broad SMARTS) is 2. The molecule has 0 aromatic heterocycles. The summed E-state index contributed by atoms with van der Waals surface area (Å²) in [5, 5.41) is 211. The molecule has 29 atom stereocenters. The van der Waals surface area contributed by atoms with Crippen molar-refractivity contribution in [2.45, 2.75) is 391 Å². The van der Waals surface area contributed by atoms with E-state index < -0.39 is 265 Å². The van der Waals surface area contributed by atoms with Crippen molar-refractivity contribution in [1.82, 2.24) is 16.0 Å². The zero-order valence-corrected chi connectivity index (χ0v) is 65.4. The number of ketones is 1. The quantitative estimate of drug-likeness (QED) is 0.0295. The van der Waals surface area contributed by atoms with Crippen LogP contribution in [0.15, 0.2) is 0 Å². The average Bonchev–Trinajstić information content (AvgIpc) is 0.750. The van der Waals surface area contributed by atoms with E-state index >= 15 is 0 Å². The van der Waals surface area contributed by atoms with Gasteiger partial charge in [0, 0.05) is 45.4 Å². The van der Waals surface area contributed by atoms with Gasteiger partial charge in [0.1, 0.15) is 103 Å². The molecule has 652 valence electrons. The molecule has 37 heteroatoms. The summed E-state index contributed by atoms with van der Waals surface area (Å²) >= 11 is 0. The van der Waals surface area contributed by atoms with E-state index in [0.29, 0.717) is 12.8 Å². The van der Waals surface area contributed by atoms with Gasteiger partial charge in [0.15, 0.2) is 18.9 Å². The molecule has 5 heterocycles. The van der Waals surface area contributed by atoms with Crippen LogP contribution < -0.4 is 16.0 Å². The predicted molar refractivity (Wildman–Crippen MR) is 390 cm³/mol. The molecule has 0 aromatic rings. The smallest absolute Gasteiger partial charge is 0.364 e. The third-order valence-electron chi connectivity index (χ3n) is 21.6. The van der Waals surface area contributed by atoms with Gasteiger partial charge in [-0.25, -0.2) is 9.59 Å². The van der Waals surface area contributed by atoms with E-state index in [2.05, 4.69) is 29.8 Å². The van der Waals surface area contributed by atoms with E-state index in [1.807, 2.05) is 0 Å².